The summed E-state index contributed by atoms with van der Waals surface area (Å²) in [5.41, 5.74) is 2.60. The maximum Gasteiger partial charge on any atom is 0.324 e. The molecule has 0 aliphatic carbocycles. The molecule has 0 bridgehead atoms. The molecule has 2 aromatic carbocycles. The van der Waals surface area contributed by atoms with Crippen molar-refractivity contribution < 1.29 is 14.4 Å². The van der Waals surface area contributed by atoms with E-state index < -0.39 is 17.9 Å². The highest BCUT2D eigenvalue weighted by molar-refractivity contribution is 6.31. The number of carbonyl (C=O) groups is 3. The van der Waals surface area contributed by atoms with E-state index in [-0.39, 0.29) is 19.0 Å². The number of benzene rings is 2. The van der Waals surface area contributed by atoms with Crippen molar-refractivity contribution in [1.29, 1.82) is 0 Å². The summed E-state index contributed by atoms with van der Waals surface area (Å²) in [6.45, 7) is 0.608. The number of carbonyl (C=O) groups excluding carboxylic acids is 3. The van der Waals surface area contributed by atoms with Crippen LogP contribution in [0.25, 0.3) is 0 Å². The first-order valence-electron chi connectivity index (χ1n) is 9.28. The number of hydrogen-bond acceptors (Lipinski definition) is 3. The Morgan fingerprint density at radius 2 is 1.86 bits per heavy atom. The monoisotopic (exact) mass is 397 g/mol. The Labute approximate surface area is 168 Å². The molecule has 2 heterocycles. The van der Waals surface area contributed by atoms with E-state index in [9.17, 15) is 14.4 Å². The molecule has 2 aliphatic heterocycles. The molecule has 6 nitrogen and oxygen atoms in total. The summed E-state index contributed by atoms with van der Waals surface area (Å²) >= 11 is 6.17. The summed E-state index contributed by atoms with van der Waals surface area (Å²) in [6, 6.07) is 14.3. The van der Waals surface area contributed by atoms with Crippen molar-refractivity contribution in [2.45, 2.75) is 19.4 Å². The number of aryl methyl sites for hydroxylation is 1. The summed E-state index contributed by atoms with van der Waals surface area (Å²) in [7, 11) is 0. The number of rotatable bonds is 3. The predicted octanol–water partition coefficient (Wildman–Crippen LogP) is 2.99. The van der Waals surface area contributed by atoms with Gasteiger partial charge in [0.05, 0.1) is 6.54 Å². The van der Waals surface area contributed by atoms with Crippen LogP contribution in [-0.4, -0.2) is 35.8 Å². The van der Waals surface area contributed by atoms with Gasteiger partial charge in [-0.3, -0.25) is 14.5 Å². The van der Waals surface area contributed by atoms with E-state index in [1.165, 1.54) is 0 Å². The Balaban J connectivity index is 1.57. The van der Waals surface area contributed by atoms with Gasteiger partial charge < -0.3 is 10.2 Å². The third-order valence-electron chi connectivity index (χ3n) is 5.23. The number of nitrogens with zero attached hydrogens (tertiary/aromatic N) is 2. The fourth-order valence-corrected chi connectivity index (χ4v) is 3.95. The van der Waals surface area contributed by atoms with Gasteiger partial charge in [0.15, 0.2) is 0 Å². The third-order valence-corrected chi connectivity index (χ3v) is 5.60. The van der Waals surface area contributed by atoms with Crippen molar-refractivity contribution in [2.75, 3.05) is 18.0 Å². The lowest BCUT2D eigenvalue weighted by Gasteiger charge is -2.36. The number of hydrogen-bond donors (Lipinski definition) is 1. The quantitative estimate of drug-likeness (QED) is 0.809. The number of halogens is 1. The van der Waals surface area contributed by atoms with E-state index in [1.807, 2.05) is 24.3 Å². The summed E-state index contributed by atoms with van der Waals surface area (Å²) in [5.74, 6) is -1.70. The van der Waals surface area contributed by atoms with Gasteiger partial charge in [-0.1, -0.05) is 48.0 Å². The summed E-state index contributed by atoms with van der Waals surface area (Å²) in [5, 5.41) is 3.15. The number of nitrogens with one attached hydrogen (secondary N) is 1. The van der Waals surface area contributed by atoms with Crippen molar-refractivity contribution in [3.05, 3.63) is 64.7 Å². The standard InChI is InChI=1S/C21H20ClN3O3/c22-17-9-3-1-7-15(17)13-25-20(27)16(12-23-21(25)28)19(26)24-11-5-8-14-6-2-4-10-18(14)24/h1-4,6-7,9-10,16H,5,8,11-13H2,(H,23,28). The highest BCUT2D eigenvalue weighted by Crippen LogP contribution is 2.29. The molecule has 0 radical (unpaired) electrons. The lowest BCUT2D eigenvalue weighted by Crippen LogP contribution is -2.59. The minimum atomic E-state index is -0.939. The van der Waals surface area contributed by atoms with Crippen molar-refractivity contribution in [2.24, 2.45) is 5.92 Å². The van der Waals surface area contributed by atoms with Gasteiger partial charge in [-0.15, -0.1) is 0 Å². The van der Waals surface area contributed by atoms with Crippen LogP contribution in [0.5, 0.6) is 0 Å². The van der Waals surface area contributed by atoms with Gasteiger partial charge in [-0.2, -0.15) is 0 Å². The molecule has 7 heteroatoms. The maximum absolute atomic E-state index is 13.2. The number of imide groups is 1. The number of fused-ring (bicyclic) bond motifs is 1. The minimum Gasteiger partial charge on any atom is -0.336 e. The van der Waals surface area contributed by atoms with E-state index in [2.05, 4.69) is 5.32 Å². The molecule has 4 rings (SSSR count). The molecular formula is C21H20ClN3O3. The van der Waals surface area contributed by atoms with E-state index in [0.717, 1.165) is 29.0 Å². The van der Waals surface area contributed by atoms with Crippen molar-refractivity contribution in [3.63, 3.8) is 0 Å². The van der Waals surface area contributed by atoms with Crippen LogP contribution in [0.15, 0.2) is 48.5 Å². The molecule has 1 N–H and O–H groups in total. The minimum absolute atomic E-state index is 0.00812. The molecule has 2 aromatic rings. The van der Waals surface area contributed by atoms with Crippen LogP contribution < -0.4 is 10.2 Å². The zero-order valence-corrected chi connectivity index (χ0v) is 16.0. The van der Waals surface area contributed by atoms with Crippen LogP contribution in [0, 0.1) is 5.92 Å². The third kappa shape index (κ3) is 3.36. The second-order valence-corrected chi connectivity index (χ2v) is 7.38. The van der Waals surface area contributed by atoms with Crippen LogP contribution in [-0.2, 0) is 22.6 Å². The first kappa shape index (κ1) is 18.5. The second kappa shape index (κ2) is 7.64. The average molecular weight is 398 g/mol. The number of urea groups is 1. The fourth-order valence-electron chi connectivity index (χ4n) is 3.75. The highest BCUT2D eigenvalue weighted by atomic mass is 35.5. The van der Waals surface area contributed by atoms with E-state index in [4.69, 9.17) is 11.6 Å². The SMILES string of the molecule is O=C1NCC(C(=O)N2CCCc3ccccc32)C(=O)N1Cc1ccccc1Cl. The number of para-hydroxylation sites is 1. The number of amides is 4. The van der Waals surface area contributed by atoms with Gasteiger partial charge in [0.25, 0.3) is 0 Å². The van der Waals surface area contributed by atoms with Crippen molar-refractivity contribution in [3.8, 4) is 0 Å². The van der Waals surface area contributed by atoms with Gasteiger partial charge in [-0.05, 0) is 36.1 Å². The van der Waals surface area contributed by atoms with Crippen LogP contribution in [0.3, 0.4) is 0 Å². The van der Waals surface area contributed by atoms with E-state index in [1.54, 1.807) is 29.2 Å². The zero-order valence-electron chi connectivity index (χ0n) is 15.2. The van der Waals surface area contributed by atoms with Crippen LogP contribution in [0.2, 0.25) is 5.02 Å². The molecule has 144 valence electrons. The summed E-state index contributed by atoms with van der Waals surface area (Å²) < 4.78 is 0. The predicted molar refractivity (Wildman–Crippen MR) is 106 cm³/mol. The Morgan fingerprint density at radius 1 is 1.11 bits per heavy atom. The maximum atomic E-state index is 13.2. The van der Waals surface area contributed by atoms with Crippen LogP contribution in [0.4, 0.5) is 10.5 Å². The van der Waals surface area contributed by atoms with Gasteiger partial charge in [0, 0.05) is 23.8 Å². The lowest BCUT2D eigenvalue weighted by atomic mass is 9.98. The van der Waals surface area contributed by atoms with E-state index >= 15 is 0 Å². The van der Waals surface area contributed by atoms with Gasteiger partial charge in [0.2, 0.25) is 11.8 Å². The Morgan fingerprint density at radius 3 is 2.68 bits per heavy atom. The summed E-state index contributed by atoms with van der Waals surface area (Å²) in [4.78, 5) is 41.3. The van der Waals surface area contributed by atoms with Crippen molar-refractivity contribution in [1.82, 2.24) is 10.2 Å². The fraction of sp³-hybridized carbons (Fsp3) is 0.286. The Bertz CT molecular complexity index is 946. The van der Waals surface area contributed by atoms with Crippen LogP contribution >= 0.6 is 11.6 Å². The Hall–Kier alpha value is -2.86. The van der Waals surface area contributed by atoms with Gasteiger partial charge in [0.1, 0.15) is 5.92 Å². The molecule has 0 spiro atoms. The molecule has 1 saturated heterocycles. The number of anilines is 1. The van der Waals surface area contributed by atoms with Gasteiger partial charge in [-0.25, -0.2) is 4.79 Å². The lowest BCUT2D eigenvalue weighted by molar-refractivity contribution is -0.140. The second-order valence-electron chi connectivity index (χ2n) is 6.98. The van der Waals surface area contributed by atoms with Crippen LogP contribution in [0.1, 0.15) is 17.5 Å². The normalized spacial score (nSPS) is 19.2. The molecule has 1 unspecified atom stereocenters. The van der Waals surface area contributed by atoms with Crippen molar-refractivity contribution >= 4 is 35.1 Å². The zero-order chi connectivity index (χ0) is 19.7. The first-order chi connectivity index (χ1) is 13.6. The Kier molecular flexibility index (Phi) is 5.05. The highest BCUT2D eigenvalue weighted by Gasteiger charge is 2.41. The molecule has 1 atom stereocenters. The first-order valence-corrected chi connectivity index (χ1v) is 9.66. The molecule has 28 heavy (non-hydrogen) atoms. The molecule has 1 fully saturated rings. The molecule has 0 aromatic heterocycles. The smallest absolute Gasteiger partial charge is 0.324 e. The average Bonchev–Trinajstić information content (AvgIpc) is 2.71. The van der Waals surface area contributed by atoms with E-state index in [0.29, 0.717) is 17.1 Å². The summed E-state index contributed by atoms with van der Waals surface area (Å²) in [6.07, 6.45) is 1.76. The largest absolute Gasteiger partial charge is 0.336 e. The topological polar surface area (TPSA) is 69.7 Å². The van der Waals surface area contributed by atoms with Gasteiger partial charge >= 0.3 is 6.03 Å². The molecule has 0 saturated carbocycles. The molecule has 4 amide bonds. The molecular weight excluding hydrogens is 378 g/mol. The molecule has 2 aliphatic rings.